The normalized spacial score (nSPS) is 20.7. The lowest BCUT2D eigenvalue weighted by Gasteiger charge is -2.26. The van der Waals surface area contributed by atoms with E-state index in [0.29, 0.717) is 11.8 Å². The molecule has 0 spiro atoms. The number of amides is 1. The number of carbonyl (C=O) groups is 1. The molecule has 0 radical (unpaired) electrons. The van der Waals surface area contributed by atoms with Crippen molar-refractivity contribution < 1.29 is 9.53 Å². The van der Waals surface area contributed by atoms with Crippen LogP contribution in [0.3, 0.4) is 0 Å². The summed E-state index contributed by atoms with van der Waals surface area (Å²) in [6, 6.07) is 8.44. The molecule has 0 unspecified atom stereocenters. The van der Waals surface area contributed by atoms with Crippen LogP contribution in [0.25, 0.3) is 10.2 Å². The highest BCUT2D eigenvalue weighted by Gasteiger charge is 2.25. The van der Waals surface area contributed by atoms with Crippen LogP contribution in [0, 0.1) is 5.92 Å². The van der Waals surface area contributed by atoms with E-state index in [0.717, 1.165) is 42.3 Å². The van der Waals surface area contributed by atoms with Crippen LogP contribution in [0.5, 0.6) is 5.88 Å². The summed E-state index contributed by atoms with van der Waals surface area (Å²) in [5.41, 5.74) is 3.89. The van der Waals surface area contributed by atoms with E-state index in [2.05, 4.69) is 40.4 Å². The van der Waals surface area contributed by atoms with Crippen molar-refractivity contribution in [3.63, 3.8) is 0 Å². The molecule has 2 aliphatic carbocycles. The molecule has 5 rings (SSSR count). The van der Waals surface area contributed by atoms with Gasteiger partial charge < -0.3 is 10.1 Å². The van der Waals surface area contributed by atoms with Crippen LogP contribution in [0.2, 0.25) is 0 Å². The van der Waals surface area contributed by atoms with Gasteiger partial charge in [0.2, 0.25) is 5.88 Å². The summed E-state index contributed by atoms with van der Waals surface area (Å²) in [5.74, 6) is 1.15. The monoisotopic (exact) mass is 407 g/mol. The fraction of sp³-hybridized carbons (Fsp3) is 0.435. The Morgan fingerprint density at radius 3 is 3.07 bits per heavy atom. The smallest absolute Gasteiger partial charge is 0.258 e. The third-order valence-corrected chi connectivity index (χ3v) is 7.26. The van der Waals surface area contributed by atoms with Gasteiger partial charge in [0, 0.05) is 4.88 Å². The zero-order valence-electron chi connectivity index (χ0n) is 16.6. The molecular weight excluding hydrogens is 382 g/mol. The van der Waals surface area contributed by atoms with Gasteiger partial charge in [-0.2, -0.15) is 0 Å². The quantitative estimate of drug-likeness (QED) is 0.697. The zero-order chi connectivity index (χ0) is 19.8. The molecule has 3 aromatic rings. The molecule has 1 amide bonds. The Bertz CT molecular complexity index is 1060. The maximum atomic E-state index is 12.6. The van der Waals surface area contributed by atoms with Crippen LogP contribution in [0.15, 0.2) is 30.6 Å². The lowest BCUT2D eigenvalue weighted by atomic mass is 9.88. The van der Waals surface area contributed by atoms with Crippen molar-refractivity contribution in [2.75, 3.05) is 6.61 Å². The highest BCUT2D eigenvalue weighted by Crippen LogP contribution is 2.40. The van der Waals surface area contributed by atoms with Crippen molar-refractivity contribution in [2.45, 2.75) is 51.5 Å². The maximum absolute atomic E-state index is 12.6. The summed E-state index contributed by atoms with van der Waals surface area (Å²) in [6.07, 6.45) is 7.99. The van der Waals surface area contributed by atoms with Crippen molar-refractivity contribution in [1.82, 2.24) is 15.3 Å². The summed E-state index contributed by atoms with van der Waals surface area (Å²) in [7, 11) is 0. The molecule has 0 saturated heterocycles. The Morgan fingerprint density at radius 2 is 2.14 bits per heavy atom. The number of nitrogens with one attached hydrogen (secondary N) is 1. The molecule has 0 aliphatic heterocycles. The van der Waals surface area contributed by atoms with Crippen molar-refractivity contribution in [1.29, 1.82) is 0 Å². The molecule has 2 aliphatic rings. The van der Waals surface area contributed by atoms with Crippen LogP contribution in [0.1, 0.15) is 53.8 Å². The number of rotatable bonds is 4. The molecule has 0 fully saturated rings. The first-order valence-corrected chi connectivity index (χ1v) is 11.3. The molecular formula is C23H25N3O2S. The number of nitrogens with zero attached hydrogens (tertiary/aromatic N) is 2. The summed E-state index contributed by atoms with van der Waals surface area (Å²) in [6.45, 7) is 2.27. The van der Waals surface area contributed by atoms with E-state index in [1.807, 2.05) is 6.07 Å². The van der Waals surface area contributed by atoms with Crippen LogP contribution in [-0.2, 0) is 24.1 Å². The lowest BCUT2D eigenvalue weighted by Crippen LogP contribution is -2.34. The second-order valence-corrected chi connectivity index (χ2v) is 9.29. The maximum Gasteiger partial charge on any atom is 0.258 e. The van der Waals surface area contributed by atoms with E-state index in [1.165, 1.54) is 28.0 Å². The van der Waals surface area contributed by atoms with Gasteiger partial charge in [-0.05, 0) is 61.1 Å². The van der Waals surface area contributed by atoms with Gasteiger partial charge >= 0.3 is 0 Å². The SMILES string of the molecule is C[C@@H]1CCc2c(sc3ncnc(OCC(=O)N[C@@H]4CCCc5ccccc54)c23)C1. The van der Waals surface area contributed by atoms with Crippen molar-refractivity contribution in [3.05, 3.63) is 52.2 Å². The summed E-state index contributed by atoms with van der Waals surface area (Å²) in [5, 5.41) is 4.16. The molecule has 0 saturated carbocycles. The number of thiophene rings is 1. The van der Waals surface area contributed by atoms with Crippen molar-refractivity contribution in [3.8, 4) is 5.88 Å². The number of fused-ring (bicyclic) bond motifs is 4. The van der Waals surface area contributed by atoms with Gasteiger partial charge in [0.05, 0.1) is 11.4 Å². The van der Waals surface area contributed by atoms with Crippen LogP contribution < -0.4 is 10.1 Å². The van der Waals surface area contributed by atoms with Crippen molar-refractivity contribution in [2.24, 2.45) is 5.92 Å². The highest BCUT2D eigenvalue weighted by molar-refractivity contribution is 7.18. The second kappa shape index (κ2) is 7.75. The van der Waals surface area contributed by atoms with Crippen LogP contribution in [-0.4, -0.2) is 22.5 Å². The lowest BCUT2D eigenvalue weighted by molar-refractivity contribution is -0.124. The summed E-state index contributed by atoms with van der Waals surface area (Å²) >= 11 is 1.74. The molecule has 5 nitrogen and oxygen atoms in total. The highest BCUT2D eigenvalue weighted by atomic mass is 32.1. The number of benzene rings is 1. The van der Waals surface area contributed by atoms with E-state index < -0.39 is 0 Å². The average Bonchev–Trinajstić information content (AvgIpc) is 3.10. The Morgan fingerprint density at radius 1 is 1.24 bits per heavy atom. The largest absolute Gasteiger partial charge is 0.467 e. The Labute approximate surface area is 174 Å². The second-order valence-electron chi connectivity index (χ2n) is 8.21. The van der Waals surface area contributed by atoms with Crippen molar-refractivity contribution >= 4 is 27.5 Å². The molecule has 2 aromatic heterocycles. The first-order chi connectivity index (χ1) is 14.2. The molecule has 29 heavy (non-hydrogen) atoms. The standard InChI is InChI=1S/C23H25N3O2S/c1-14-9-10-17-19(11-14)29-23-21(17)22(24-13-25-23)28-12-20(27)26-18-8-4-6-15-5-2-3-7-16(15)18/h2-3,5,7,13-14,18H,4,6,8-12H2,1H3,(H,26,27)/t14-,18-/m1/s1. The summed E-state index contributed by atoms with van der Waals surface area (Å²) in [4.78, 5) is 23.8. The van der Waals surface area contributed by atoms with Gasteiger partial charge in [-0.3, -0.25) is 4.79 Å². The molecule has 2 heterocycles. The fourth-order valence-electron chi connectivity index (χ4n) is 4.63. The number of ether oxygens (including phenoxy) is 1. The Kier molecular flexibility index (Phi) is 4.96. The third-order valence-electron chi connectivity index (χ3n) is 6.10. The number of hydrogen-bond acceptors (Lipinski definition) is 5. The van der Waals surface area contributed by atoms with Gasteiger partial charge in [0.25, 0.3) is 5.91 Å². The van der Waals surface area contributed by atoms with Gasteiger partial charge in [-0.15, -0.1) is 11.3 Å². The number of carbonyl (C=O) groups excluding carboxylic acids is 1. The van der Waals surface area contributed by atoms with E-state index in [4.69, 9.17) is 4.74 Å². The first-order valence-electron chi connectivity index (χ1n) is 10.4. The van der Waals surface area contributed by atoms with E-state index in [9.17, 15) is 4.79 Å². The number of aromatic nitrogens is 2. The molecule has 6 heteroatoms. The van der Waals surface area contributed by atoms with Gasteiger partial charge in [0.15, 0.2) is 6.61 Å². The minimum atomic E-state index is -0.101. The van der Waals surface area contributed by atoms with E-state index in [1.54, 1.807) is 17.7 Å². The molecule has 2 atom stereocenters. The fourth-order valence-corrected chi connectivity index (χ4v) is 5.97. The topological polar surface area (TPSA) is 64.1 Å². The van der Waals surface area contributed by atoms with E-state index in [-0.39, 0.29) is 18.6 Å². The van der Waals surface area contributed by atoms with Gasteiger partial charge in [0.1, 0.15) is 11.2 Å². The summed E-state index contributed by atoms with van der Waals surface area (Å²) < 4.78 is 5.91. The van der Waals surface area contributed by atoms with Crippen LogP contribution >= 0.6 is 11.3 Å². The third kappa shape index (κ3) is 3.62. The molecule has 1 aromatic carbocycles. The minimum Gasteiger partial charge on any atom is -0.467 e. The predicted octanol–water partition coefficient (Wildman–Crippen LogP) is 4.39. The first kappa shape index (κ1) is 18.6. The van der Waals surface area contributed by atoms with Gasteiger partial charge in [-0.25, -0.2) is 9.97 Å². The van der Waals surface area contributed by atoms with E-state index >= 15 is 0 Å². The molecule has 0 bridgehead atoms. The number of aryl methyl sites for hydroxylation is 2. The van der Waals surface area contributed by atoms with Gasteiger partial charge in [-0.1, -0.05) is 31.2 Å². The zero-order valence-corrected chi connectivity index (χ0v) is 17.4. The Hall–Kier alpha value is -2.47. The Balaban J connectivity index is 1.31. The average molecular weight is 408 g/mol. The predicted molar refractivity (Wildman–Crippen MR) is 114 cm³/mol. The molecule has 1 N–H and O–H groups in total. The minimum absolute atomic E-state index is 0.0220. The number of hydrogen-bond donors (Lipinski definition) is 1. The molecule has 150 valence electrons. The van der Waals surface area contributed by atoms with Crippen LogP contribution in [0.4, 0.5) is 0 Å².